The van der Waals surface area contributed by atoms with Crippen molar-refractivity contribution in [3.05, 3.63) is 200 Å². The van der Waals surface area contributed by atoms with Crippen LogP contribution in [0.4, 0.5) is 0 Å². The topological polar surface area (TPSA) is 43.9 Å². The second-order valence-electron chi connectivity index (χ2n) is 14.2. The van der Waals surface area contributed by atoms with Crippen LogP contribution < -0.4 is 0 Å². The van der Waals surface area contributed by atoms with E-state index in [1.807, 2.05) is 24.3 Å². The lowest BCUT2D eigenvalue weighted by Crippen LogP contribution is -1.94. The average molecular weight is 716 g/mol. The van der Waals surface area contributed by atoms with Gasteiger partial charge in [0.15, 0.2) is 11.4 Å². The van der Waals surface area contributed by atoms with Gasteiger partial charge in [-0.3, -0.25) is 0 Å². The maximum absolute atomic E-state index is 6.93. The number of hydrogen-bond donors (Lipinski definition) is 0. The van der Waals surface area contributed by atoms with Gasteiger partial charge in [0, 0.05) is 38.5 Å². The number of furan rings is 1. The smallest absolute Gasteiger partial charge is 0.180 e. The molecule has 0 saturated heterocycles. The van der Waals surface area contributed by atoms with E-state index >= 15 is 0 Å². The van der Waals surface area contributed by atoms with Gasteiger partial charge in [-0.15, -0.1) is 0 Å². The molecule has 0 amide bonds. The molecule has 0 spiro atoms. The summed E-state index contributed by atoms with van der Waals surface area (Å²) in [6.45, 7) is 0. The normalized spacial score (nSPS) is 11.6. The van der Waals surface area contributed by atoms with Crippen molar-refractivity contribution in [2.75, 3.05) is 0 Å². The molecule has 0 unspecified atom stereocenters. The van der Waals surface area contributed by atoms with Crippen molar-refractivity contribution in [3.8, 4) is 61.7 Å². The van der Waals surface area contributed by atoms with Gasteiger partial charge in [0.2, 0.25) is 0 Å². The molecule has 0 radical (unpaired) electrons. The molecule has 4 nitrogen and oxygen atoms in total. The first-order valence-corrected chi connectivity index (χ1v) is 18.9. The van der Waals surface area contributed by atoms with Crippen LogP contribution in [0.25, 0.3) is 106 Å². The summed E-state index contributed by atoms with van der Waals surface area (Å²) in [5.41, 5.74) is 15.1. The van der Waals surface area contributed by atoms with Crippen LogP contribution in [-0.2, 0) is 0 Å². The van der Waals surface area contributed by atoms with Gasteiger partial charge in [-0.1, -0.05) is 158 Å². The first kappa shape index (κ1) is 31.9. The van der Waals surface area contributed by atoms with E-state index < -0.39 is 0 Å². The Balaban J connectivity index is 1.06. The van der Waals surface area contributed by atoms with Gasteiger partial charge < -0.3 is 8.98 Å². The summed E-state index contributed by atoms with van der Waals surface area (Å²) in [5.74, 6) is 0.663. The van der Waals surface area contributed by atoms with Crippen LogP contribution in [0, 0.1) is 0 Å². The number of hydrogen-bond acceptors (Lipinski definition) is 3. The van der Waals surface area contributed by atoms with E-state index in [1.165, 1.54) is 21.8 Å². The fourth-order valence-electron chi connectivity index (χ4n) is 8.17. The lowest BCUT2D eigenvalue weighted by Gasteiger charge is -2.11. The van der Waals surface area contributed by atoms with Crippen LogP contribution in [-0.4, -0.2) is 14.5 Å². The fraction of sp³-hybridized carbons (Fsp3) is 0. The number of benzene rings is 8. The highest BCUT2D eigenvalue weighted by Crippen LogP contribution is 2.41. The Morgan fingerprint density at radius 1 is 0.357 bits per heavy atom. The Morgan fingerprint density at radius 2 is 0.875 bits per heavy atom. The Kier molecular flexibility index (Phi) is 7.46. The standard InChI is InChI=1S/C52H33N3O/c1-3-15-34(16-4-1)36-19-12-23-40(32-36)48-51-49(54-52(53-48)35-17-5-2-6-18-35)45-28-14-27-42(50(45)56-51)39-22-11-20-37(31-39)38-21-13-24-41(33-38)55-46-29-9-7-25-43(46)44-26-8-10-30-47(44)55/h1-33H. The number of rotatable bonds is 6. The molecule has 0 fully saturated rings. The van der Waals surface area contributed by atoms with E-state index in [2.05, 4.69) is 180 Å². The number of nitrogens with zero attached hydrogens (tertiary/aromatic N) is 3. The van der Waals surface area contributed by atoms with E-state index in [1.54, 1.807) is 0 Å². The van der Waals surface area contributed by atoms with Gasteiger partial charge in [-0.25, -0.2) is 9.97 Å². The minimum atomic E-state index is 0.663. The van der Waals surface area contributed by atoms with Crippen LogP contribution in [0.3, 0.4) is 0 Å². The highest BCUT2D eigenvalue weighted by atomic mass is 16.3. The van der Waals surface area contributed by atoms with Crippen molar-refractivity contribution in [3.63, 3.8) is 0 Å². The molecule has 8 aromatic carbocycles. The van der Waals surface area contributed by atoms with Gasteiger partial charge in [-0.2, -0.15) is 0 Å². The van der Waals surface area contributed by atoms with E-state index in [0.717, 1.165) is 72.4 Å². The Labute approximate surface area is 323 Å². The maximum atomic E-state index is 6.93. The molecule has 262 valence electrons. The zero-order chi connectivity index (χ0) is 37.0. The molecule has 0 saturated carbocycles. The summed E-state index contributed by atoms with van der Waals surface area (Å²) in [4.78, 5) is 10.4. The van der Waals surface area contributed by atoms with Crippen LogP contribution in [0.1, 0.15) is 0 Å². The van der Waals surface area contributed by atoms with Crippen LogP contribution in [0.15, 0.2) is 205 Å². The van der Waals surface area contributed by atoms with Crippen molar-refractivity contribution in [2.45, 2.75) is 0 Å². The van der Waals surface area contributed by atoms with Crippen LogP contribution in [0.2, 0.25) is 0 Å². The molecule has 3 heterocycles. The SMILES string of the molecule is c1ccc(-c2cccc(-c3nc(-c4ccccc4)nc4c3oc3c(-c5cccc(-c6cccc(-n7c8ccccc8c8ccccc87)c6)c5)cccc34)c2)cc1. The lowest BCUT2D eigenvalue weighted by atomic mass is 9.97. The Hall–Kier alpha value is -7.56. The third kappa shape index (κ3) is 5.31. The van der Waals surface area contributed by atoms with Gasteiger partial charge in [0.05, 0.1) is 11.0 Å². The minimum absolute atomic E-state index is 0.663. The predicted molar refractivity (Wildman–Crippen MR) is 231 cm³/mol. The monoisotopic (exact) mass is 715 g/mol. The highest BCUT2D eigenvalue weighted by molar-refractivity contribution is 6.12. The van der Waals surface area contributed by atoms with E-state index in [-0.39, 0.29) is 0 Å². The van der Waals surface area contributed by atoms with E-state index in [9.17, 15) is 0 Å². The molecule has 56 heavy (non-hydrogen) atoms. The summed E-state index contributed by atoms with van der Waals surface area (Å²) in [5, 5.41) is 3.46. The number of fused-ring (bicyclic) bond motifs is 6. The third-order valence-electron chi connectivity index (χ3n) is 10.8. The largest absolute Gasteiger partial charge is 0.451 e. The summed E-state index contributed by atoms with van der Waals surface area (Å²) in [6, 6.07) is 70.3. The summed E-state index contributed by atoms with van der Waals surface area (Å²) in [6.07, 6.45) is 0. The average Bonchev–Trinajstić information content (AvgIpc) is 3.83. The van der Waals surface area contributed by atoms with Gasteiger partial charge in [0.25, 0.3) is 0 Å². The third-order valence-corrected chi connectivity index (χ3v) is 10.8. The second kappa shape index (κ2) is 13.1. The Bertz CT molecular complexity index is 3200. The van der Waals surface area contributed by atoms with Crippen molar-refractivity contribution < 1.29 is 4.42 Å². The van der Waals surface area contributed by atoms with Crippen molar-refractivity contribution >= 4 is 43.9 Å². The molecule has 0 bridgehead atoms. The highest BCUT2D eigenvalue weighted by Gasteiger charge is 2.21. The van der Waals surface area contributed by atoms with E-state index in [0.29, 0.717) is 11.4 Å². The first-order chi connectivity index (χ1) is 27.8. The summed E-state index contributed by atoms with van der Waals surface area (Å²) in [7, 11) is 0. The molecular weight excluding hydrogens is 683 g/mol. The number of para-hydroxylation sites is 3. The van der Waals surface area contributed by atoms with Crippen molar-refractivity contribution in [1.29, 1.82) is 0 Å². The second-order valence-corrected chi connectivity index (χ2v) is 14.2. The zero-order valence-corrected chi connectivity index (χ0v) is 30.3. The number of aromatic nitrogens is 3. The molecule has 0 atom stereocenters. The maximum Gasteiger partial charge on any atom is 0.180 e. The molecule has 0 aliphatic heterocycles. The minimum Gasteiger partial charge on any atom is -0.451 e. The van der Waals surface area contributed by atoms with Crippen LogP contribution >= 0.6 is 0 Å². The molecule has 3 aromatic heterocycles. The molecule has 11 rings (SSSR count). The van der Waals surface area contributed by atoms with Crippen molar-refractivity contribution in [2.24, 2.45) is 0 Å². The molecule has 0 N–H and O–H groups in total. The Morgan fingerprint density at radius 3 is 1.61 bits per heavy atom. The van der Waals surface area contributed by atoms with Gasteiger partial charge in [-0.05, 0) is 70.3 Å². The summed E-state index contributed by atoms with van der Waals surface area (Å²) < 4.78 is 9.29. The molecular formula is C52H33N3O. The van der Waals surface area contributed by atoms with Crippen molar-refractivity contribution in [1.82, 2.24) is 14.5 Å². The molecule has 0 aliphatic rings. The molecule has 0 aliphatic carbocycles. The van der Waals surface area contributed by atoms with Gasteiger partial charge >= 0.3 is 0 Å². The lowest BCUT2D eigenvalue weighted by molar-refractivity contribution is 0.668. The predicted octanol–water partition coefficient (Wildman–Crippen LogP) is 13.8. The fourth-order valence-corrected chi connectivity index (χ4v) is 8.17. The molecule has 11 aromatic rings. The summed E-state index contributed by atoms with van der Waals surface area (Å²) >= 11 is 0. The first-order valence-electron chi connectivity index (χ1n) is 18.9. The molecule has 4 heteroatoms. The zero-order valence-electron chi connectivity index (χ0n) is 30.3. The quantitative estimate of drug-likeness (QED) is 0.172. The van der Waals surface area contributed by atoms with Crippen LogP contribution in [0.5, 0.6) is 0 Å². The van der Waals surface area contributed by atoms with Gasteiger partial charge in [0.1, 0.15) is 16.8 Å². The van der Waals surface area contributed by atoms with E-state index in [4.69, 9.17) is 14.4 Å².